The van der Waals surface area contributed by atoms with Gasteiger partial charge in [0, 0.05) is 0 Å². The van der Waals surface area contributed by atoms with Crippen molar-refractivity contribution in [2.45, 2.75) is 0 Å². The number of hydrogen-bond acceptors (Lipinski definition) is 4. The summed E-state index contributed by atoms with van der Waals surface area (Å²) in [6.07, 6.45) is 3.12. The highest BCUT2D eigenvalue weighted by Crippen LogP contribution is 2.37. The summed E-state index contributed by atoms with van der Waals surface area (Å²) in [6.45, 7) is 0. The molecule has 1 aromatic rings. The predicted molar refractivity (Wildman–Crippen MR) is 66.2 cm³/mol. The van der Waals surface area contributed by atoms with E-state index in [-0.39, 0.29) is 5.75 Å². The van der Waals surface area contributed by atoms with Gasteiger partial charge in [0.2, 0.25) is 5.75 Å². The standard InChI is InChI=1S/C12H12N2O4/c1-17-9-4-7(5-10(18-2)11(9)15)3-8-6-13-12(16)14-8/h3-6,15H,1-2H3,(H,14,16). The second-order valence-corrected chi connectivity index (χ2v) is 3.56. The van der Waals surface area contributed by atoms with E-state index in [0.717, 1.165) is 0 Å². The number of nitrogens with zero attached hydrogens (tertiary/aromatic N) is 1. The van der Waals surface area contributed by atoms with Crippen molar-refractivity contribution in [2.24, 2.45) is 4.99 Å². The molecule has 1 aromatic carbocycles. The first-order valence-electron chi connectivity index (χ1n) is 5.16. The Morgan fingerprint density at radius 2 is 1.89 bits per heavy atom. The molecule has 2 N–H and O–H groups in total. The van der Waals surface area contributed by atoms with Crippen LogP contribution < -0.4 is 14.8 Å². The first kappa shape index (κ1) is 12.0. The number of phenols is 1. The van der Waals surface area contributed by atoms with E-state index in [0.29, 0.717) is 22.8 Å². The Morgan fingerprint density at radius 1 is 1.28 bits per heavy atom. The molecule has 0 saturated heterocycles. The van der Waals surface area contributed by atoms with Gasteiger partial charge < -0.3 is 19.9 Å². The predicted octanol–water partition coefficient (Wildman–Crippen LogP) is 1.54. The van der Waals surface area contributed by atoms with Crippen LogP contribution in [0.2, 0.25) is 0 Å². The number of hydrogen-bond donors (Lipinski definition) is 2. The fraction of sp³-hybridized carbons (Fsp3) is 0.167. The monoisotopic (exact) mass is 248 g/mol. The van der Waals surface area contributed by atoms with Crippen molar-refractivity contribution in [1.29, 1.82) is 0 Å². The molecule has 94 valence electrons. The minimum atomic E-state index is -0.404. The first-order valence-corrected chi connectivity index (χ1v) is 5.16. The molecule has 0 atom stereocenters. The van der Waals surface area contributed by atoms with E-state index in [9.17, 15) is 9.90 Å². The number of benzene rings is 1. The number of urea groups is 1. The quantitative estimate of drug-likeness (QED) is 0.850. The van der Waals surface area contributed by atoms with Gasteiger partial charge >= 0.3 is 6.03 Å². The fourth-order valence-electron chi connectivity index (χ4n) is 1.57. The topological polar surface area (TPSA) is 80.2 Å². The van der Waals surface area contributed by atoms with Crippen LogP contribution in [-0.4, -0.2) is 31.6 Å². The Morgan fingerprint density at radius 3 is 2.33 bits per heavy atom. The summed E-state index contributed by atoms with van der Waals surface area (Å²) in [4.78, 5) is 14.5. The van der Waals surface area contributed by atoms with Crippen molar-refractivity contribution in [1.82, 2.24) is 5.32 Å². The molecule has 1 heterocycles. The third kappa shape index (κ3) is 2.27. The van der Waals surface area contributed by atoms with E-state index in [2.05, 4.69) is 10.3 Å². The van der Waals surface area contributed by atoms with Gasteiger partial charge in [-0.1, -0.05) is 0 Å². The van der Waals surface area contributed by atoms with Crippen LogP contribution in [0.4, 0.5) is 4.79 Å². The average molecular weight is 248 g/mol. The number of carbonyl (C=O) groups excluding carboxylic acids is 1. The van der Waals surface area contributed by atoms with Crippen LogP contribution in [0.1, 0.15) is 5.56 Å². The number of allylic oxidation sites excluding steroid dienone is 1. The van der Waals surface area contributed by atoms with Gasteiger partial charge in [0.1, 0.15) is 0 Å². The average Bonchev–Trinajstić information content (AvgIpc) is 2.76. The summed E-state index contributed by atoms with van der Waals surface area (Å²) >= 11 is 0. The molecule has 0 spiro atoms. The van der Waals surface area contributed by atoms with Crippen LogP contribution in [0.3, 0.4) is 0 Å². The number of aliphatic imine (C=N–C) groups is 1. The van der Waals surface area contributed by atoms with Crippen molar-refractivity contribution < 1.29 is 19.4 Å². The van der Waals surface area contributed by atoms with E-state index in [1.165, 1.54) is 20.4 Å². The Bertz CT molecular complexity index is 524. The molecule has 0 saturated carbocycles. The van der Waals surface area contributed by atoms with Crippen molar-refractivity contribution in [2.75, 3.05) is 14.2 Å². The van der Waals surface area contributed by atoms with E-state index >= 15 is 0 Å². The van der Waals surface area contributed by atoms with Crippen LogP contribution in [0, 0.1) is 0 Å². The lowest BCUT2D eigenvalue weighted by atomic mass is 10.1. The molecule has 6 heteroatoms. The van der Waals surface area contributed by atoms with Crippen LogP contribution in [0.25, 0.3) is 6.08 Å². The van der Waals surface area contributed by atoms with Gasteiger partial charge in [-0.05, 0) is 23.8 Å². The smallest absolute Gasteiger partial charge is 0.345 e. The first-order chi connectivity index (χ1) is 8.63. The van der Waals surface area contributed by atoms with Gasteiger partial charge in [0.15, 0.2) is 11.5 Å². The second-order valence-electron chi connectivity index (χ2n) is 3.56. The Labute approximate surface area is 104 Å². The number of carbonyl (C=O) groups is 1. The number of rotatable bonds is 3. The number of ether oxygens (including phenoxy) is 2. The largest absolute Gasteiger partial charge is 0.502 e. The lowest BCUT2D eigenvalue weighted by Gasteiger charge is -2.09. The van der Waals surface area contributed by atoms with Gasteiger partial charge in [-0.15, -0.1) is 0 Å². The van der Waals surface area contributed by atoms with Crippen molar-refractivity contribution in [3.8, 4) is 17.2 Å². The molecule has 0 aromatic heterocycles. The van der Waals surface area contributed by atoms with Gasteiger partial charge in [-0.2, -0.15) is 4.99 Å². The zero-order chi connectivity index (χ0) is 13.1. The number of methoxy groups -OCH3 is 2. The summed E-state index contributed by atoms with van der Waals surface area (Å²) < 4.78 is 10.1. The zero-order valence-electron chi connectivity index (χ0n) is 9.93. The molecule has 2 amide bonds. The van der Waals surface area contributed by atoms with Gasteiger partial charge in [0.05, 0.1) is 26.1 Å². The molecule has 2 rings (SSSR count). The highest BCUT2D eigenvalue weighted by atomic mass is 16.5. The van der Waals surface area contributed by atoms with Crippen molar-refractivity contribution >= 4 is 18.3 Å². The maximum Gasteiger partial charge on any atom is 0.345 e. The second kappa shape index (κ2) is 4.79. The molecule has 18 heavy (non-hydrogen) atoms. The van der Waals surface area contributed by atoms with Crippen LogP contribution in [0.5, 0.6) is 17.2 Å². The molecule has 0 bridgehead atoms. The zero-order valence-corrected chi connectivity index (χ0v) is 9.93. The highest BCUT2D eigenvalue weighted by Gasteiger charge is 2.12. The lowest BCUT2D eigenvalue weighted by molar-refractivity contribution is 0.253. The fourth-order valence-corrected chi connectivity index (χ4v) is 1.57. The minimum absolute atomic E-state index is 0.0636. The Hall–Kier alpha value is -2.50. The van der Waals surface area contributed by atoms with E-state index in [1.807, 2.05) is 0 Å². The number of amides is 2. The summed E-state index contributed by atoms with van der Waals surface area (Å²) in [6, 6.07) is 2.85. The molecule has 0 aliphatic carbocycles. The Kier molecular flexibility index (Phi) is 3.18. The van der Waals surface area contributed by atoms with Crippen LogP contribution in [0.15, 0.2) is 22.8 Å². The minimum Gasteiger partial charge on any atom is -0.502 e. The number of phenolic OH excluding ortho intramolecular Hbond substituents is 1. The molecule has 1 aliphatic heterocycles. The third-order valence-corrected chi connectivity index (χ3v) is 2.40. The van der Waals surface area contributed by atoms with E-state index < -0.39 is 6.03 Å². The Balaban J connectivity index is 2.40. The molecule has 1 aliphatic rings. The summed E-state index contributed by atoms with van der Waals surface area (Å²) in [5, 5.41) is 12.3. The SMILES string of the molecule is COc1cc(C=C2C=NC(=O)N2)cc(OC)c1O. The maximum absolute atomic E-state index is 10.9. The summed E-state index contributed by atoms with van der Waals surface area (Å²) in [5.41, 5.74) is 1.28. The molecule has 0 fully saturated rings. The molecular formula is C12H12N2O4. The van der Waals surface area contributed by atoms with Gasteiger partial charge in [-0.3, -0.25) is 0 Å². The molecule has 0 radical (unpaired) electrons. The normalized spacial score (nSPS) is 15.9. The summed E-state index contributed by atoms with van der Waals surface area (Å²) in [5.74, 6) is 0.524. The van der Waals surface area contributed by atoms with Crippen molar-refractivity contribution in [3.63, 3.8) is 0 Å². The van der Waals surface area contributed by atoms with Crippen LogP contribution >= 0.6 is 0 Å². The van der Waals surface area contributed by atoms with E-state index in [1.54, 1.807) is 18.2 Å². The van der Waals surface area contributed by atoms with Crippen molar-refractivity contribution in [3.05, 3.63) is 23.4 Å². The molecule has 0 unspecified atom stereocenters. The molecular weight excluding hydrogens is 236 g/mol. The third-order valence-electron chi connectivity index (χ3n) is 2.40. The highest BCUT2D eigenvalue weighted by molar-refractivity contribution is 6.03. The number of aromatic hydroxyl groups is 1. The summed E-state index contributed by atoms with van der Waals surface area (Å²) in [7, 11) is 2.90. The molecule has 6 nitrogen and oxygen atoms in total. The van der Waals surface area contributed by atoms with Crippen LogP contribution in [-0.2, 0) is 0 Å². The lowest BCUT2D eigenvalue weighted by Crippen LogP contribution is -2.11. The van der Waals surface area contributed by atoms with E-state index in [4.69, 9.17) is 9.47 Å². The van der Waals surface area contributed by atoms with Gasteiger partial charge in [0.25, 0.3) is 0 Å². The van der Waals surface area contributed by atoms with Gasteiger partial charge in [-0.25, -0.2) is 4.79 Å². The maximum atomic E-state index is 10.9. The number of nitrogens with one attached hydrogen (secondary N) is 1.